The molecule has 0 aliphatic rings. The van der Waals surface area contributed by atoms with Crippen LogP contribution in [0.15, 0.2) is 48.7 Å². The van der Waals surface area contributed by atoms with Crippen LogP contribution in [0.25, 0.3) is 10.9 Å². The third kappa shape index (κ3) is 2.89. The predicted molar refractivity (Wildman–Crippen MR) is 86.2 cm³/mol. The van der Waals surface area contributed by atoms with E-state index in [1.807, 2.05) is 49.5 Å². The summed E-state index contributed by atoms with van der Waals surface area (Å²) in [5, 5.41) is 4.01. The molecule has 0 saturated carbocycles. The van der Waals surface area contributed by atoms with Crippen LogP contribution in [-0.2, 0) is 11.2 Å². The molecule has 1 aromatic heterocycles. The van der Waals surface area contributed by atoms with Crippen molar-refractivity contribution in [3.05, 3.63) is 59.8 Å². The average molecular weight is 279 g/mol. The van der Waals surface area contributed by atoms with Gasteiger partial charge in [-0.15, -0.1) is 0 Å². The number of anilines is 2. The molecule has 0 aliphatic heterocycles. The Morgan fingerprint density at radius 2 is 2.05 bits per heavy atom. The fourth-order valence-corrected chi connectivity index (χ4v) is 2.36. The standard InChI is InChI=1S/C17H17N3O/c1-11-2-5-14(18)16(8-11)20-17(21)10-12-3-4-13-6-7-19-15(13)9-12/h2-9,19H,10,18H2,1H3,(H,20,21). The molecule has 2 aromatic carbocycles. The molecule has 0 saturated heterocycles. The lowest BCUT2D eigenvalue weighted by Crippen LogP contribution is -2.15. The van der Waals surface area contributed by atoms with Crippen molar-refractivity contribution >= 4 is 28.2 Å². The minimum atomic E-state index is -0.0711. The third-order valence-electron chi connectivity index (χ3n) is 3.47. The molecule has 1 heterocycles. The first-order valence-electron chi connectivity index (χ1n) is 6.84. The van der Waals surface area contributed by atoms with Gasteiger partial charge in [-0.1, -0.05) is 18.2 Å². The second-order valence-electron chi connectivity index (χ2n) is 5.21. The van der Waals surface area contributed by atoms with Gasteiger partial charge in [-0.2, -0.15) is 0 Å². The number of benzene rings is 2. The van der Waals surface area contributed by atoms with Crippen LogP contribution in [0.2, 0.25) is 0 Å². The number of H-pyrrole nitrogens is 1. The fourth-order valence-electron chi connectivity index (χ4n) is 2.36. The number of nitrogens with two attached hydrogens (primary N) is 1. The van der Waals surface area contributed by atoms with Crippen molar-refractivity contribution in [3.63, 3.8) is 0 Å². The first kappa shape index (κ1) is 13.2. The highest BCUT2D eigenvalue weighted by atomic mass is 16.1. The summed E-state index contributed by atoms with van der Waals surface area (Å²) < 4.78 is 0. The number of carbonyl (C=O) groups excluding carboxylic acids is 1. The van der Waals surface area contributed by atoms with Gasteiger partial charge in [-0.3, -0.25) is 4.79 Å². The molecule has 0 bridgehead atoms. The van der Waals surface area contributed by atoms with Crippen LogP contribution in [0, 0.1) is 6.92 Å². The minimum absolute atomic E-state index is 0.0711. The largest absolute Gasteiger partial charge is 0.397 e. The normalized spacial score (nSPS) is 10.7. The SMILES string of the molecule is Cc1ccc(N)c(NC(=O)Cc2ccc3cc[nH]c3c2)c1. The smallest absolute Gasteiger partial charge is 0.228 e. The fraction of sp³-hybridized carbons (Fsp3) is 0.118. The Hall–Kier alpha value is -2.75. The highest BCUT2D eigenvalue weighted by molar-refractivity contribution is 5.95. The number of nitrogens with one attached hydrogen (secondary N) is 2. The number of carbonyl (C=O) groups is 1. The summed E-state index contributed by atoms with van der Waals surface area (Å²) in [4.78, 5) is 15.3. The number of amides is 1. The topological polar surface area (TPSA) is 70.9 Å². The van der Waals surface area contributed by atoms with E-state index in [0.29, 0.717) is 17.8 Å². The van der Waals surface area contributed by atoms with Crippen LogP contribution in [-0.4, -0.2) is 10.9 Å². The van der Waals surface area contributed by atoms with Gasteiger partial charge in [-0.25, -0.2) is 0 Å². The lowest BCUT2D eigenvalue weighted by atomic mass is 10.1. The predicted octanol–water partition coefficient (Wildman–Crippen LogP) is 3.24. The zero-order valence-electron chi connectivity index (χ0n) is 11.8. The van der Waals surface area contributed by atoms with Gasteiger partial charge in [-0.05, 0) is 47.7 Å². The van der Waals surface area contributed by atoms with E-state index in [0.717, 1.165) is 22.0 Å². The average Bonchev–Trinajstić information content (AvgIpc) is 2.90. The van der Waals surface area contributed by atoms with Crippen molar-refractivity contribution in [2.24, 2.45) is 0 Å². The van der Waals surface area contributed by atoms with Gasteiger partial charge in [0, 0.05) is 11.7 Å². The van der Waals surface area contributed by atoms with E-state index >= 15 is 0 Å². The number of aryl methyl sites for hydroxylation is 1. The van der Waals surface area contributed by atoms with Crippen LogP contribution < -0.4 is 11.1 Å². The van der Waals surface area contributed by atoms with Gasteiger partial charge in [0.25, 0.3) is 0 Å². The van der Waals surface area contributed by atoms with E-state index in [1.54, 1.807) is 6.07 Å². The maximum Gasteiger partial charge on any atom is 0.228 e. The first-order valence-corrected chi connectivity index (χ1v) is 6.84. The molecule has 0 unspecified atom stereocenters. The number of nitrogen functional groups attached to an aromatic ring is 1. The maximum atomic E-state index is 12.1. The molecule has 3 rings (SSSR count). The molecule has 0 spiro atoms. The lowest BCUT2D eigenvalue weighted by molar-refractivity contribution is -0.115. The van der Waals surface area contributed by atoms with Crippen LogP contribution in [0.1, 0.15) is 11.1 Å². The molecular weight excluding hydrogens is 262 g/mol. The second-order valence-corrected chi connectivity index (χ2v) is 5.21. The summed E-state index contributed by atoms with van der Waals surface area (Å²) >= 11 is 0. The molecule has 3 aromatic rings. The van der Waals surface area contributed by atoms with E-state index in [1.165, 1.54) is 0 Å². The molecule has 1 amide bonds. The summed E-state index contributed by atoms with van der Waals surface area (Å²) in [7, 11) is 0. The first-order chi connectivity index (χ1) is 10.1. The Bertz CT molecular complexity index is 805. The van der Waals surface area contributed by atoms with Gasteiger partial charge in [0.2, 0.25) is 5.91 Å². The Kier molecular flexibility index (Phi) is 3.36. The van der Waals surface area contributed by atoms with Crippen molar-refractivity contribution in [1.29, 1.82) is 0 Å². The molecule has 0 atom stereocenters. The second kappa shape index (κ2) is 5.32. The lowest BCUT2D eigenvalue weighted by Gasteiger charge is -2.09. The molecule has 0 fully saturated rings. The van der Waals surface area contributed by atoms with E-state index in [-0.39, 0.29) is 5.91 Å². The third-order valence-corrected chi connectivity index (χ3v) is 3.47. The Morgan fingerprint density at radius 3 is 2.90 bits per heavy atom. The summed E-state index contributed by atoms with van der Waals surface area (Å²) in [5.74, 6) is -0.0711. The number of hydrogen-bond donors (Lipinski definition) is 3. The quantitative estimate of drug-likeness (QED) is 0.644. The van der Waals surface area contributed by atoms with Gasteiger partial charge >= 0.3 is 0 Å². The highest BCUT2D eigenvalue weighted by Gasteiger charge is 2.07. The van der Waals surface area contributed by atoms with E-state index in [9.17, 15) is 4.79 Å². The zero-order valence-corrected chi connectivity index (χ0v) is 11.8. The number of hydrogen-bond acceptors (Lipinski definition) is 2. The van der Waals surface area contributed by atoms with Gasteiger partial charge in [0.1, 0.15) is 0 Å². The van der Waals surface area contributed by atoms with Gasteiger partial charge < -0.3 is 16.0 Å². The number of rotatable bonds is 3. The highest BCUT2D eigenvalue weighted by Crippen LogP contribution is 2.20. The molecule has 4 heteroatoms. The molecule has 106 valence electrons. The maximum absolute atomic E-state index is 12.1. The summed E-state index contributed by atoms with van der Waals surface area (Å²) in [6.45, 7) is 1.97. The van der Waals surface area contributed by atoms with Gasteiger partial charge in [0.15, 0.2) is 0 Å². The van der Waals surface area contributed by atoms with E-state index < -0.39 is 0 Å². The van der Waals surface area contributed by atoms with Crippen LogP contribution in [0.3, 0.4) is 0 Å². The monoisotopic (exact) mass is 279 g/mol. The van der Waals surface area contributed by atoms with Crippen molar-refractivity contribution in [2.45, 2.75) is 13.3 Å². The Morgan fingerprint density at radius 1 is 1.19 bits per heavy atom. The summed E-state index contributed by atoms with van der Waals surface area (Å²) in [6.07, 6.45) is 2.21. The molecular formula is C17H17N3O. The molecule has 4 N–H and O–H groups in total. The molecule has 0 radical (unpaired) electrons. The molecule has 0 aliphatic carbocycles. The van der Waals surface area contributed by atoms with Crippen LogP contribution >= 0.6 is 0 Å². The minimum Gasteiger partial charge on any atom is -0.397 e. The molecule has 21 heavy (non-hydrogen) atoms. The van der Waals surface area contributed by atoms with Gasteiger partial charge in [0.05, 0.1) is 17.8 Å². The van der Waals surface area contributed by atoms with E-state index in [4.69, 9.17) is 5.73 Å². The summed E-state index contributed by atoms with van der Waals surface area (Å²) in [5.41, 5.74) is 10.2. The summed E-state index contributed by atoms with van der Waals surface area (Å²) in [6, 6.07) is 13.6. The number of aromatic nitrogens is 1. The Balaban J connectivity index is 1.75. The van der Waals surface area contributed by atoms with E-state index in [2.05, 4.69) is 10.3 Å². The zero-order chi connectivity index (χ0) is 14.8. The number of aromatic amines is 1. The number of fused-ring (bicyclic) bond motifs is 1. The van der Waals surface area contributed by atoms with Crippen LogP contribution in [0.5, 0.6) is 0 Å². The van der Waals surface area contributed by atoms with Crippen molar-refractivity contribution < 1.29 is 4.79 Å². The Labute approximate surface area is 123 Å². The van der Waals surface area contributed by atoms with Crippen molar-refractivity contribution in [3.8, 4) is 0 Å². The molecule has 4 nitrogen and oxygen atoms in total. The van der Waals surface area contributed by atoms with Crippen LogP contribution in [0.4, 0.5) is 11.4 Å². The van der Waals surface area contributed by atoms with Crippen molar-refractivity contribution in [1.82, 2.24) is 4.98 Å². The van der Waals surface area contributed by atoms with Crippen molar-refractivity contribution in [2.75, 3.05) is 11.1 Å².